The summed E-state index contributed by atoms with van der Waals surface area (Å²) in [5.41, 5.74) is 7.44. The molecule has 2 N–H and O–H groups in total. The third-order valence-electron chi connectivity index (χ3n) is 2.55. The van der Waals surface area contributed by atoms with E-state index in [-0.39, 0.29) is 5.82 Å². The fourth-order valence-corrected chi connectivity index (χ4v) is 1.79. The smallest absolute Gasteiger partial charge is 0.182 e. The molecular formula is C12H8ClFN4. The Morgan fingerprint density at radius 1 is 1.22 bits per heavy atom. The second-order valence-electron chi connectivity index (χ2n) is 3.82. The zero-order valence-corrected chi connectivity index (χ0v) is 9.89. The number of pyridine rings is 1. The van der Waals surface area contributed by atoms with E-state index in [2.05, 4.69) is 10.1 Å². The maximum Gasteiger partial charge on any atom is 0.182 e. The van der Waals surface area contributed by atoms with Crippen molar-refractivity contribution in [2.45, 2.75) is 0 Å². The highest BCUT2D eigenvalue weighted by Crippen LogP contribution is 2.22. The fourth-order valence-electron chi connectivity index (χ4n) is 1.64. The predicted octanol–water partition coefficient (Wildman–Crippen LogP) is 2.77. The van der Waals surface area contributed by atoms with Gasteiger partial charge in [-0.05, 0) is 24.3 Å². The molecular weight excluding hydrogens is 255 g/mol. The summed E-state index contributed by atoms with van der Waals surface area (Å²) in [5, 5.41) is 4.69. The summed E-state index contributed by atoms with van der Waals surface area (Å²) >= 11 is 5.91. The van der Waals surface area contributed by atoms with Crippen molar-refractivity contribution in [2.75, 3.05) is 5.73 Å². The molecule has 0 aliphatic heterocycles. The second kappa shape index (κ2) is 3.96. The molecule has 0 radical (unpaired) electrons. The average Bonchev–Trinajstić information content (AvgIpc) is 2.73. The number of nitrogens with two attached hydrogens (primary N) is 1. The molecule has 3 rings (SSSR count). The zero-order chi connectivity index (χ0) is 12.7. The van der Waals surface area contributed by atoms with Gasteiger partial charge in [0.15, 0.2) is 11.5 Å². The molecule has 2 aromatic heterocycles. The van der Waals surface area contributed by atoms with Crippen LogP contribution in [0.1, 0.15) is 0 Å². The van der Waals surface area contributed by atoms with Crippen LogP contribution in [0.25, 0.3) is 17.0 Å². The van der Waals surface area contributed by atoms with E-state index in [1.165, 1.54) is 12.1 Å². The molecule has 0 aliphatic carbocycles. The molecule has 90 valence electrons. The van der Waals surface area contributed by atoms with E-state index in [9.17, 15) is 4.39 Å². The van der Waals surface area contributed by atoms with Crippen LogP contribution in [0.3, 0.4) is 0 Å². The van der Waals surface area contributed by atoms with Gasteiger partial charge >= 0.3 is 0 Å². The first-order valence-corrected chi connectivity index (χ1v) is 5.58. The van der Waals surface area contributed by atoms with Crippen LogP contribution in [0.4, 0.5) is 10.1 Å². The van der Waals surface area contributed by atoms with Crippen LogP contribution >= 0.6 is 11.6 Å². The van der Waals surface area contributed by atoms with E-state index in [0.29, 0.717) is 22.2 Å². The number of benzene rings is 1. The van der Waals surface area contributed by atoms with E-state index >= 15 is 0 Å². The Labute approximate surface area is 107 Å². The number of nitrogen functional groups attached to an aromatic ring is 1. The third-order valence-corrected chi connectivity index (χ3v) is 2.88. The van der Waals surface area contributed by atoms with E-state index in [0.717, 1.165) is 5.56 Å². The molecule has 0 atom stereocenters. The fraction of sp³-hybridized carbons (Fsp3) is 0. The van der Waals surface area contributed by atoms with Crippen LogP contribution in [-0.2, 0) is 0 Å². The molecule has 0 spiro atoms. The lowest BCUT2D eigenvalue weighted by Gasteiger charge is -1.96. The quantitative estimate of drug-likeness (QED) is 0.734. The molecule has 6 heteroatoms. The van der Waals surface area contributed by atoms with Gasteiger partial charge < -0.3 is 5.73 Å². The van der Waals surface area contributed by atoms with Gasteiger partial charge in [-0.1, -0.05) is 11.6 Å². The summed E-state index contributed by atoms with van der Waals surface area (Å²) in [6.07, 6.45) is 1.59. The van der Waals surface area contributed by atoms with Crippen molar-refractivity contribution in [2.24, 2.45) is 0 Å². The molecule has 4 nitrogen and oxygen atoms in total. The summed E-state index contributed by atoms with van der Waals surface area (Å²) in [6, 6.07) is 7.60. The summed E-state index contributed by atoms with van der Waals surface area (Å²) < 4.78 is 14.4. The maximum absolute atomic E-state index is 12.8. The molecule has 18 heavy (non-hydrogen) atoms. The third kappa shape index (κ3) is 1.78. The number of halogens is 2. The highest BCUT2D eigenvalue weighted by Gasteiger charge is 2.08. The summed E-state index contributed by atoms with van der Waals surface area (Å²) in [7, 11) is 0. The number of anilines is 1. The van der Waals surface area contributed by atoms with Crippen molar-refractivity contribution >= 4 is 22.9 Å². The monoisotopic (exact) mass is 262 g/mol. The van der Waals surface area contributed by atoms with Crippen LogP contribution in [0.15, 0.2) is 36.5 Å². The number of hydrogen-bond donors (Lipinski definition) is 1. The molecule has 0 saturated heterocycles. The van der Waals surface area contributed by atoms with E-state index in [1.54, 1.807) is 28.9 Å². The van der Waals surface area contributed by atoms with Crippen molar-refractivity contribution in [3.63, 3.8) is 0 Å². The standard InChI is InChI=1S/C12H8ClFN4/c13-9-5-11-16-12(17-18(11)6-10(9)15)7-1-3-8(14)4-2-7/h1-6H,15H2. The zero-order valence-electron chi connectivity index (χ0n) is 9.14. The Kier molecular flexibility index (Phi) is 2.41. The van der Waals surface area contributed by atoms with Gasteiger partial charge in [-0.2, -0.15) is 0 Å². The van der Waals surface area contributed by atoms with Crippen molar-refractivity contribution in [1.82, 2.24) is 14.6 Å². The molecule has 0 fully saturated rings. The Hall–Kier alpha value is -2.14. The molecule has 1 aromatic carbocycles. The second-order valence-corrected chi connectivity index (χ2v) is 4.23. The Morgan fingerprint density at radius 3 is 2.67 bits per heavy atom. The number of hydrogen-bond acceptors (Lipinski definition) is 3. The lowest BCUT2D eigenvalue weighted by molar-refractivity contribution is 0.628. The van der Waals surface area contributed by atoms with Crippen LogP contribution in [0.2, 0.25) is 5.02 Å². The summed E-state index contributed by atoms with van der Waals surface area (Å²) in [4.78, 5) is 4.30. The largest absolute Gasteiger partial charge is 0.396 e. The predicted molar refractivity (Wildman–Crippen MR) is 67.8 cm³/mol. The van der Waals surface area contributed by atoms with Crippen LogP contribution in [0, 0.1) is 5.82 Å². The number of nitrogens with zero attached hydrogens (tertiary/aromatic N) is 3. The van der Waals surface area contributed by atoms with E-state index < -0.39 is 0 Å². The number of fused-ring (bicyclic) bond motifs is 1. The first kappa shape index (κ1) is 11.0. The lowest BCUT2D eigenvalue weighted by atomic mass is 10.2. The molecule has 0 amide bonds. The van der Waals surface area contributed by atoms with Crippen LogP contribution in [0.5, 0.6) is 0 Å². The highest BCUT2D eigenvalue weighted by atomic mass is 35.5. The van der Waals surface area contributed by atoms with Gasteiger partial charge in [0, 0.05) is 11.6 Å². The topological polar surface area (TPSA) is 56.2 Å². The molecule has 0 saturated carbocycles. The summed E-state index contributed by atoms with van der Waals surface area (Å²) in [6.45, 7) is 0. The first-order valence-electron chi connectivity index (χ1n) is 5.21. The minimum Gasteiger partial charge on any atom is -0.396 e. The Morgan fingerprint density at radius 2 is 1.94 bits per heavy atom. The minimum absolute atomic E-state index is 0.296. The van der Waals surface area contributed by atoms with Gasteiger partial charge in [-0.15, -0.1) is 5.10 Å². The van der Waals surface area contributed by atoms with Gasteiger partial charge in [-0.3, -0.25) is 0 Å². The number of rotatable bonds is 1. The van der Waals surface area contributed by atoms with Crippen molar-refractivity contribution in [3.8, 4) is 11.4 Å². The Bertz CT molecular complexity index is 682. The molecule has 0 bridgehead atoms. The van der Waals surface area contributed by atoms with Gasteiger partial charge in [0.1, 0.15) is 5.82 Å². The van der Waals surface area contributed by atoms with Crippen molar-refractivity contribution in [1.29, 1.82) is 0 Å². The van der Waals surface area contributed by atoms with Crippen molar-refractivity contribution < 1.29 is 4.39 Å². The maximum atomic E-state index is 12.8. The van der Waals surface area contributed by atoms with Crippen molar-refractivity contribution in [3.05, 3.63) is 47.4 Å². The van der Waals surface area contributed by atoms with Gasteiger partial charge in [0.25, 0.3) is 0 Å². The minimum atomic E-state index is -0.296. The van der Waals surface area contributed by atoms with Crippen LogP contribution in [-0.4, -0.2) is 14.6 Å². The molecule has 0 aliphatic rings. The first-order chi connectivity index (χ1) is 8.63. The van der Waals surface area contributed by atoms with Crippen LogP contribution < -0.4 is 5.73 Å². The highest BCUT2D eigenvalue weighted by molar-refractivity contribution is 6.33. The summed E-state index contributed by atoms with van der Waals surface area (Å²) in [5.74, 6) is 0.200. The van der Waals surface area contributed by atoms with Gasteiger partial charge in [0.05, 0.1) is 16.9 Å². The van der Waals surface area contributed by atoms with Gasteiger partial charge in [0.2, 0.25) is 0 Å². The Balaban J connectivity index is 2.16. The normalized spacial score (nSPS) is 11.0. The lowest BCUT2D eigenvalue weighted by Crippen LogP contribution is -1.93. The van der Waals surface area contributed by atoms with E-state index in [4.69, 9.17) is 17.3 Å². The SMILES string of the molecule is Nc1cn2nc(-c3ccc(F)cc3)nc2cc1Cl. The van der Waals surface area contributed by atoms with E-state index in [1.807, 2.05) is 0 Å². The molecule has 3 aromatic rings. The molecule has 0 unspecified atom stereocenters. The van der Waals surface area contributed by atoms with Gasteiger partial charge in [-0.25, -0.2) is 13.9 Å². The molecule has 2 heterocycles. The number of aromatic nitrogens is 3. The average molecular weight is 263 g/mol.